The van der Waals surface area contributed by atoms with Crippen molar-refractivity contribution in [2.45, 2.75) is 18.8 Å². The maximum atomic E-state index is 12.5. The number of fused-ring (bicyclic) bond motifs is 1. The van der Waals surface area contributed by atoms with E-state index in [2.05, 4.69) is 16.0 Å². The first-order chi connectivity index (χ1) is 13.2. The molecule has 1 aromatic carbocycles. The fourth-order valence-corrected chi connectivity index (χ4v) is 4.26. The van der Waals surface area contributed by atoms with Gasteiger partial charge >= 0.3 is 5.97 Å². The summed E-state index contributed by atoms with van der Waals surface area (Å²) in [5.41, 5.74) is 1.09. The van der Waals surface area contributed by atoms with Crippen LogP contribution in [0.5, 0.6) is 0 Å². The van der Waals surface area contributed by atoms with Gasteiger partial charge in [0.2, 0.25) is 0 Å². The van der Waals surface area contributed by atoms with Gasteiger partial charge in [-0.25, -0.2) is 14.8 Å². The zero-order valence-electron chi connectivity index (χ0n) is 14.6. The molecule has 1 atom stereocenters. The number of benzene rings is 1. The number of aromatic nitrogens is 3. The van der Waals surface area contributed by atoms with E-state index in [0.29, 0.717) is 13.1 Å². The van der Waals surface area contributed by atoms with E-state index >= 15 is 0 Å². The van der Waals surface area contributed by atoms with Crippen molar-refractivity contribution in [3.8, 4) is 0 Å². The summed E-state index contributed by atoms with van der Waals surface area (Å²) >= 11 is 1.68. The first-order valence-electron chi connectivity index (χ1n) is 8.77. The molecule has 0 unspecified atom stereocenters. The Bertz CT molecular complexity index is 927. The molecular formula is C19H18N4O3S. The number of esters is 1. The summed E-state index contributed by atoms with van der Waals surface area (Å²) in [6, 6.07) is 8.06. The van der Waals surface area contributed by atoms with Crippen LogP contribution in [0, 0.1) is 0 Å². The summed E-state index contributed by atoms with van der Waals surface area (Å²) in [4.78, 5) is 38.6. The van der Waals surface area contributed by atoms with Crippen molar-refractivity contribution in [1.82, 2.24) is 19.9 Å². The van der Waals surface area contributed by atoms with Crippen LogP contribution in [0.4, 0.5) is 0 Å². The van der Waals surface area contributed by atoms with Crippen LogP contribution in [-0.2, 0) is 9.53 Å². The van der Waals surface area contributed by atoms with E-state index in [0.717, 1.165) is 28.1 Å². The number of rotatable bonds is 4. The van der Waals surface area contributed by atoms with Gasteiger partial charge in [0.15, 0.2) is 12.3 Å². The van der Waals surface area contributed by atoms with Gasteiger partial charge in [-0.3, -0.25) is 9.78 Å². The Hall–Kier alpha value is -2.87. The highest BCUT2D eigenvalue weighted by Crippen LogP contribution is 2.32. The highest BCUT2D eigenvalue weighted by molar-refractivity contribution is 7.18. The number of nitrogens with zero attached hydrogens (tertiary/aromatic N) is 4. The van der Waals surface area contributed by atoms with Crippen molar-refractivity contribution >= 4 is 33.4 Å². The van der Waals surface area contributed by atoms with E-state index in [1.165, 1.54) is 18.6 Å². The van der Waals surface area contributed by atoms with Crippen molar-refractivity contribution in [1.29, 1.82) is 0 Å². The van der Waals surface area contributed by atoms with Crippen LogP contribution in [0.3, 0.4) is 0 Å². The predicted molar refractivity (Wildman–Crippen MR) is 100 cm³/mol. The quantitative estimate of drug-likeness (QED) is 0.645. The second kappa shape index (κ2) is 7.79. The minimum Gasteiger partial charge on any atom is -0.451 e. The molecule has 0 bridgehead atoms. The maximum Gasteiger partial charge on any atom is 0.359 e. The van der Waals surface area contributed by atoms with Crippen LogP contribution in [0.15, 0.2) is 42.9 Å². The normalized spacial score (nSPS) is 17.0. The number of ether oxygens (including phenoxy) is 1. The number of thiazole rings is 1. The van der Waals surface area contributed by atoms with Crippen molar-refractivity contribution < 1.29 is 14.3 Å². The molecule has 0 spiro atoms. The van der Waals surface area contributed by atoms with E-state index in [4.69, 9.17) is 9.72 Å². The molecule has 1 saturated heterocycles. The summed E-state index contributed by atoms with van der Waals surface area (Å²) in [5, 5.41) is 1.06. The fraction of sp³-hybridized carbons (Fsp3) is 0.316. The first-order valence-corrected chi connectivity index (χ1v) is 9.59. The molecule has 27 heavy (non-hydrogen) atoms. The number of amides is 1. The largest absolute Gasteiger partial charge is 0.451 e. The van der Waals surface area contributed by atoms with Crippen molar-refractivity contribution in [3.63, 3.8) is 0 Å². The molecule has 3 aromatic rings. The second-order valence-corrected chi connectivity index (χ2v) is 7.43. The molecule has 3 heterocycles. The number of piperidine rings is 1. The molecule has 1 aliphatic heterocycles. The smallest absolute Gasteiger partial charge is 0.359 e. The minimum absolute atomic E-state index is 0.0938. The van der Waals surface area contributed by atoms with Gasteiger partial charge in [-0.05, 0) is 25.0 Å². The topological polar surface area (TPSA) is 85.3 Å². The van der Waals surface area contributed by atoms with Gasteiger partial charge in [0.05, 0.1) is 21.4 Å². The van der Waals surface area contributed by atoms with Crippen molar-refractivity contribution in [2.75, 3.05) is 19.7 Å². The molecule has 1 fully saturated rings. The van der Waals surface area contributed by atoms with Crippen LogP contribution in [0.2, 0.25) is 0 Å². The van der Waals surface area contributed by atoms with Gasteiger partial charge in [0, 0.05) is 31.4 Å². The van der Waals surface area contributed by atoms with Gasteiger partial charge in [0.1, 0.15) is 0 Å². The lowest BCUT2D eigenvalue weighted by Gasteiger charge is -2.31. The average Bonchev–Trinajstić information content (AvgIpc) is 3.17. The van der Waals surface area contributed by atoms with Gasteiger partial charge in [-0.1, -0.05) is 12.1 Å². The Kier molecular flexibility index (Phi) is 5.06. The SMILES string of the molecule is O=C(OCC(=O)N1CCC[C@H](c2nc3ccccc3s2)C1)c1cnccn1. The predicted octanol–water partition coefficient (Wildman–Crippen LogP) is 2.65. The van der Waals surface area contributed by atoms with Crippen LogP contribution < -0.4 is 0 Å². The molecule has 7 nitrogen and oxygen atoms in total. The number of carbonyl (C=O) groups excluding carboxylic acids is 2. The Morgan fingerprint density at radius 1 is 1.26 bits per heavy atom. The molecule has 0 N–H and O–H groups in total. The molecule has 4 rings (SSSR count). The van der Waals surface area contributed by atoms with E-state index < -0.39 is 5.97 Å². The zero-order chi connectivity index (χ0) is 18.6. The van der Waals surface area contributed by atoms with Crippen LogP contribution in [0.25, 0.3) is 10.2 Å². The van der Waals surface area contributed by atoms with Gasteiger partial charge in [-0.2, -0.15) is 0 Å². The third-order valence-corrected chi connectivity index (χ3v) is 5.73. The Balaban J connectivity index is 1.37. The molecule has 1 amide bonds. The van der Waals surface area contributed by atoms with Gasteiger partial charge in [0.25, 0.3) is 5.91 Å². The molecule has 8 heteroatoms. The third-order valence-electron chi connectivity index (χ3n) is 4.53. The lowest BCUT2D eigenvalue weighted by Crippen LogP contribution is -2.41. The average molecular weight is 382 g/mol. The summed E-state index contributed by atoms with van der Waals surface area (Å²) in [6.45, 7) is 0.978. The van der Waals surface area contributed by atoms with Crippen LogP contribution in [-0.4, -0.2) is 51.4 Å². The Morgan fingerprint density at radius 2 is 2.15 bits per heavy atom. The molecule has 1 aliphatic rings. The number of hydrogen-bond acceptors (Lipinski definition) is 7. The second-order valence-electron chi connectivity index (χ2n) is 6.37. The lowest BCUT2D eigenvalue weighted by atomic mass is 9.99. The fourth-order valence-electron chi connectivity index (χ4n) is 3.17. The van der Waals surface area contributed by atoms with E-state index in [9.17, 15) is 9.59 Å². The molecule has 0 saturated carbocycles. The summed E-state index contributed by atoms with van der Waals surface area (Å²) in [7, 11) is 0. The van der Waals surface area contributed by atoms with Crippen molar-refractivity contribution in [3.05, 3.63) is 53.6 Å². The van der Waals surface area contributed by atoms with Gasteiger partial charge in [-0.15, -0.1) is 11.3 Å². The van der Waals surface area contributed by atoms with E-state index in [1.54, 1.807) is 16.2 Å². The number of hydrogen-bond donors (Lipinski definition) is 0. The molecule has 0 aliphatic carbocycles. The monoisotopic (exact) mass is 382 g/mol. The van der Waals surface area contributed by atoms with Crippen LogP contribution in [0.1, 0.15) is 34.3 Å². The molecular weight excluding hydrogens is 364 g/mol. The van der Waals surface area contributed by atoms with Crippen molar-refractivity contribution in [2.24, 2.45) is 0 Å². The first kappa shape index (κ1) is 17.5. The number of para-hydroxylation sites is 1. The standard InChI is InChI=1S/C19H18N4O3S/c24-17(12-26-19(25)15-10-20-7-8-21-15)23-9-3-4-13(11-23)18-22-14-5-1-2-6-16(14)27-18/h1-2,5-8,10,13H,3-4,9,11-12H2/t13-/m0/s1. The van der Waals surface area contributed by atoms with Crippen LogP contribution >= 0.6 is 11.3 Å². The highest BCUT2D eigenvalue weighted by Gasteiger charge is 2.27. The molecule has 2 aromatic heterocycles. The molecule has 0 radical (unpaired) electrons. The summed E-state index contributed by atoms with van der Waals surface area (Å²) < 4.78 is 6.25. The van der Waals surface area contributed by atoms with E-state index in [-0.39, 0.29) is 24.1 Å². The van der Waals surface area contributed by atoms with Gasteiger partial charge < -0.3 is 9.64 Å². The summed E-state index contributed by atoms with van der Waals surface area (Å²) in [5.74, 6) is -0.620. The summed E-state index contributed by atoms with van der Waals surface area (Å²) in [6.07, 6.45) is 6.10. The Morgan fingerprint density at radius 3 is 2.96 bits per heavy atom. The number of likely N-dealkylation sites (tertiary alicyclic amines) is 1. The minimum atomic E-state index is -0.642. The Labute approximate surface area is 160 Å². The molecule has 138 valence electrons. The van der Waals surface area contributed by atoms with E-state index in [1.807, 2.05) is 18.2 Å². The maximum absolute atomic E-state index is 12.5. The lowest BCUT2D eigenvalue weighted by molar-refractivity contribution is -0.135. The number of carbonyl (C=O) groups is 2. The zero-order valence-corrected chi connectivity index (χ0v) is 15.4. The highest BCUT2D eigenvalue weighted by atomic mass is 32.1. The third kappa shape index (κ3) is 3.95.